The summed E-state index contributed by atoms with van der Waals surface area (Å²) >= 11 is 0. The van der Waals surface area contributed by atoms with Gasteiger partial charge in [0.15, 0.2) is 0 Å². The summed E-state index contributed by atoms with van der Waals surface area (Å²) in [4.78, 5) is 4.28. The van der Waals surface area contributed by atoms with Gasteiger partial charge in [-0.2, -0.15) is 0 Å². The molecule has 1 aromatic rings. The van der Waals surface area contributed by atoms with Gasteiger partial charge in [0.05, 0.1) is 14.1 Å². The van der Waals surface area contributed by atoms with Crippen molar-refractivity contribution < 1.29 is 4.74 Å². The van der Waals surface area contributed by atoms with Gasteiger partial charge in [0.1, 0.15) is 6.61 Å². The fourth-order valence-electron chi connectivity index (χ4n) is 2.15. The first-order valence-corrected chi connectivity index (χ1v) is 9.30. The lowest BCUT2D eigenvalue weighted by Crippen LogP contribution is -2.41. The van der Waals surface area contributed by atoms with Crippen molar-refractivity contribution in [3.63, 3.8) is 0 Å². The topological polar surface area (TPSA) is 47.6 Å². The largest absolute Gasteiger partial charge is 0.463 e. The standard InChI is InChI=1S/C13H20N2OSi/c1-17(2,12-6-4-3-5-7-12)9-8-11-10-16-13(14)15-11/h3-7,11H,8-10H2,1-2H3,(H2,14,15). The van der Waals surface area contributed by atoms with E-state index in [0.717, 1.165) is 6.42 Å². The van der Waals surface area contributed by atoms with Crippen molar-refractivity contribution in [3.8, 4) is 0 Å². The summed E-state index contributed by atoms with van der Waals surface area (Å²) < 4.78 is 5.18. The summed E-state index contributed by atoms with van der Waals surface area (Å²) in [7, 11) is -1.33. The molecule has 0 saturated carbocycles. The van der Waals surface area contributed by atoms with Gasteiger partial charge in [-0.3, -0.25) is 0 Å². The molecule has 0 aliphatic carbocycles. The number of amidine groups is 1. The molecular weight excluding hydrogens is 228 g/mol. The first-order chi connectivity index (χ1) is 8.08. The second-order valence-electron chi connectivity index (χ2n) is 5.22. The predicted octanol–water partition coefficient (Wildman–Crippen LogP) is 1.71. The predicted molar refractivity (Wildman–Crippen MR) is 74.3 cm³/mol. The van der Waals surface area contributed by atoms with Crippen LogP contribution in [0.4, 0.5) is 0 Å². The van der Waals surface area contributed by atoms with Crippen LogP contribution in [-0.4, -0.2) is 26.7 Å². The van der Waals surface area contributed by atoms with E-state index in [-0.39, 0.29) is 6.04 Å². The molecule has 0 spiro atoms. The highest BCUT2D eigenvalue weighted by molar-refractivity contribution is 6.89. The quantitative estimate of drug-likeness (QED) is 0.825. The second kappa shape index (κ2) is 4.92. The Morgan fingerprint density at radius 3 is 2.65 bits per heavy atom. The Kier molecular flexibility index (Phi) is 3.52. The Balaban J connectivity index is 1.94. The molecule has 1 aliphatic rings. The van der Waals surface area contributed by atoms with Gasteiger partial charge in [0, 0.05) is 0 Å². The minimum Gasteiger partial charge on any atom is -0.463 e. The maximum atomic E-state index is 5.51. The van der Waals surface area contributed by atoms with Gasteiger partial charge in [0.25, 0.3) is 6.02 Å². The van der Waals surface area contributed by atoms with E-state index in [0.29, 0.717) is 12.6 Å². The SMILES string of the molecule is C[Si](C)(CCC1COC(N)=N1)c1ccccc1. The summed E-state index contributed by atoms with van der Waals surface area (Å²) in [6, 6.07) is 12.7. The van der Waals surface area contributed by atoms with E-state index < -0.39 is 8.07 Å². The number of hydrogen-bond donors (Lipinski definition) is 1. The Morgan fingerprint density at radius 2 is 2.06 bits per heavy atom. The van der Waals surface area contributed by atoms with Gasteiger partial charge in [-0.15, -0.1) is 0 Å². The minimum absolute atomic E-state index is 0.269. The van der Waals surface area contributed by atoms with E-state index in [9.17, 15) is 0 Å². The lowest BCUT2D eigenvalue weighted by atomic mass is 10.3. The molecule has 92 valence electrons. The maximum absolute atomic E-state index is 5.51. The Bertz CT molecular complexity index is 403. The number of rotatable bonds is 4. The zero-order valence-electron chi connectivity index (χ0n) is 10.5. The summed E-state index contributed by atoms with van der Waals surface area (Å²) in [6.07, 6.45) is 1.08. The molecule has 1 heterocycles. The van der Waals surface area contributed by atoms with E-state index in [1.165, 1.54) is 11.2 Å². The highest BCUT2D eigenvalue weighted by Gasteiger charge is 2.26. The molecule has 0 amide bonds. The fraction of sp³-hybridized carbons (Fsp3) is 0.462. The highest BCUT2D eigenvalue weighted by atomic mass is 28.3. The van der Waals surface area contributed by atoms with Gasteiger partial charge < -0.3 is 10.5 Å². The Morgan fingerprint density at radius 1 is 1.35 bits per heavy atom. The van der Waals surface area contributed by atoms with E-state index in [1.807, 2.05) is 0 Å². The summed E-state index contributed by atoms with van der Waals surface area (Å²) in [5, 5.41) is 1.51. The first kappa shape index (κ1) is 12.2. The van der Waals surface area contributed by atoms with Crippen LogP contribution in [0.25, 0.3) is 0 Å². The summed E-state index contributed by atoms with van der Waals surface area (Å²) in [5.74, 6) is 0. The Hall–Kier alpha value is -1.29. The van der Waals surface area contributed by atoms with Crippen LogP contribution in [0.5, 0.6) is 0 Å². The van der Waals surface area contributed by atoms with Crippen LogP contribution in [0.3, 0.4) is 0 Å². The van der Waals surface area contributed by atoms with Crippen LogP contribution in [0.15, 0.2) is 35.3 Å². The number of ether oxygens (including phenoxy) is 1. The zero-order valence-corrected chi connectivity index (χ0v) is 11.5. The minimum atomic E-state index is -1.33. The molecule has 3 nitrogen and oxygen atoms in total. The summed E-state index contributed by atoms with van der Waals surface area (Å²) in [5.41, 5.74) is 5.51. The summed E-state index contributed by atoms with van der Waals surface area (Å²) in [6.45, 7) is 5.47. The van der Waals surface area contributed by atoms with Crippen molar-refractivity contribution in [2.45, 2.75) is 31.6 Å². The maximum Gasteiger partial charge on any atom is 0.282 e. The number of benzene rings is 1. The number of nitrogens with zero attached hydrogens (tertiary/aromatic N) is 1. The molecule has 0 bridgehead atoms. The fourth-order valence-corrected chi connectivity index (χ4v) is 4.58. The third-order valence-corrected chi connectivity index (χ3v) is 6.83. The zero-order chi connectivity index (χ0) is 12.3. The lowest BCUT2D eigenvalue weighted by Gasteiger charge is -2.23. The highest BCUT2D eigenvalue weighted by Crippen LogP contribution is 2.17. The molecule has 17 heavy (non-hydrogen) atoms. The molecule has 0 saturated heterocycles. The van der Waals surface area contributed by atoms with Crippen molar-refractivity contribution in [3.05, 3.63) is 30.3 Å². The average Bonchev–Trinajstić information content (AvgIpc) is 2.74. The van der Waals surface area contributed by atoms with Crippen LogP contribution in [0.2, 0.25) is 19.1 Å². The van der Waals surface area contributed by atoms with Crippen LogP contribution < -0.4 is 10.9 Å². The van der Waals surface area contributed by atoms with Crippen molar-refractivity contribution >= 4 is 19.3 Å². The molecule has 2 rings (SSSR count). The molecule has 1 unspecified atom stereocenters. The van der Waals surface area contributed by atoms with Gasteiger partial charge >= 0.3 is 0 Å². The normalized spacial score (nSPS) is 19.9. The second-order valence-corrected chi connectivity index (χ2v) is 10.1. The van der Waals surface area contributed by atoms with Gasteiger partial charge in [-0.05, 0) is 6.42 Å². The van der Waals surface area contributed by atoms with E-state index in [1.54, 1.807) is 0 Å². The van der Waals surface area contributed by atoms with E-state index in [4.69, 9.17) is 10.5 Å². The molecule has 4 heteroatoms. The van der Waals surface area contributed by atoms with Crippen molar-refractivity contribution in [1.82, 2.24) is 0 Å². The van der Waals surface area contributed by atoms with Crippen molar-refractivity contribution in [1.29, 1.82) is 0 Å². The molecule has 0 fully saturated rings. The van der Waals surface area contributed by atoms with Crippen LogP contribution in [0.1, 0.15) is 6.42 Å². The lowest BCUT2D eigenvalue weighted by molar-refractivity contribution is 0.310. The van der Waals surface area contributed by atoms with Crippen molar-refractivity contribution in [2.24, 2.45) is 10.7 Å². The molecule has 1 atom stereocenters. The number of nitrogens with two attached hydrogens (primary N) is 1. The van der Waals surface area contributed by atoms with Crippen molar-refractivity contribution in [2.75, 3.05) is 6.61 Å². The van der Waals surface area contributed by atoms with Crippen LogP contribution in [-0.2, 0) is 4.74 Å². The van der Waals surface area contributed by atoms with E-state index >= 15 is 0 Å². The van der Waals surface area contributed by atoms with Crippen LogP contribution >= 0.6 is 0 Å². The monoisotopic (exact) mass is 248 g/mol. The first-order valence-electron chi connectivity index (χ1n) is 6.09. The molecule has 2 N–H and O–H groups in total. The van der Waals surface area contributed by atoms with Gasteiger partial charge in [-0.1, -0.05) is 54.7 Å². The molecule has 0 aromatic heterocycles. The van der Waals surface area contributed by atoms with Gasteiger partial charge in [0.2, 0.25) is 0 Å². The average molecular weight is 248 g/mol. The number of hydrogen-bond acceptors (Lipinski definition) is 3. The Labute approximate surface area is 104 Å². The van der Waals surface area contributed by atoms with Crippen LogP contribution in [0, 0.1) is 0 Å². The molecule has 1 aromatic carbocycles. The number of aliphatic imine (C=N–C) groups is 1. The van der Waals surface area contributed by atoms with E-state index in [2.05, 4.69) is 48.4 Å². The molecule has 1 aliphatic heterocycles. The van der Waals surface area contributed by atoms with Gasteiger partial charge in [-0.25, -0.2) is 4.99 Å². The smallest absolute Gasteiger partial charge is 0.282 e. The third kappa shape index (κ3) is 3.09. The molecule has 0 radical (unpaired) electrons. The molecular formula is C13H20N2OSi. The third-order valence-electron chi connectivity index (χ3n) is 3.39.